The highest BCUT2D eigenvalue weighted by Gasteiger charge is 2.40. The van der Waals surface area contributed by atoms with Crippen molar-refractivity contribution >= 4 is 23.4 Å². The molecule has 114 valence electrons. The van der Waals surface area contributed by atoms with E-state index < -0.39 is 17.1 Å². The lowest BCUT2D eigenvalue weighted by Crippen LogP contribution is -2.30. The van der Waals surface area contributed by atoms with E-state index in [1.807, 2.05) is 30.3 Å². The molecule has 1 heterocycles. The van der Waals surface area contributed by atoms with Crippen LogP contribution in [-0.2, 0) is 11.0 Å². The number of halogens is 3. The molecule has 3 rings (SSSR count). The van der Waals surface area contributed by atoms with E-state index in [1.54, 1.807) is 0 Å². The molecule has 0 N–H and O–H groups in total. The summed E-state index contributed by atoms with van der Waals surface area (Å²) < 4.78 is 39.6. The second-order valence-corrected chi connectivity index (χ2v) is 5.92. The summed E-state index contributed by atoms with van der Waals surface area (Å²) in [5, 5.41) is -0.433. The van der Waals surface area contributed by atoms with Crippen LogP contribution in [0.15, 0.2) is 54.6 Å². The Hall–Kier alpha value is -1.95. The number of rotatable bonds is 2. The van der Waals surface area contributed by atoms with Crippen molar-refractivity contribution in [2.24, 2.45) is 0 Å². The molecule has 0 spiro atoms. The topological polar surface area (TPSA) is 20.3 Å². The van der Waals surface area contributed by atoms with E-state index >= 15 is 0 Å². The van der Waals surface area contributed by atoms with E-state index in [2.05, 4.69) is 0 Å². The molecule has 0 aliphatic carbocycles. The van der Waals surface area contributed by atoms with Crippen LogP contribution in [0.5, 0.6) is 0 Å². The number of nitrogens with zero attached hydrogens (tertiary/aromatic N) is 1. The van der Waals surface area contributed by atoms with Gasteiger partial charge in [0.2, 0.25) is 5.91 Å². The summed E-state index contributed by atoms with van der Waals surface area (Å²) in [4.78, 5) is 13.4. The quantitative estimate of drug-likeness (QED) is 0.812. The van der Waals surface area contributed by atoms with Gasteiger partial charge in [0.25, 0.3) is 0 Å². The number of para-hydroxylation sites is 1. The third-order valence-corrected chi connectivity index (χ3v) is 4.63. The Morgan fingerprint density at radius 3 is 2.32 bits per heavy atom. The number of hydrogen-bond donors (Lipinski definition) is 0. The molecule has 1 amide bonds. The normalized spacial score (nSPS) is 18.8. The Bertz CT molecular complexity index is 687. The molecule has 0 aromatic heterocycles. The molecule has 1 saturated heterocycles. The van der Waals surface area contributed by atoms with Crippen molar-refractivity contribution < 1.29 is 18.0 Å². The van der Waals surface area contributed by atoms with E-state index in [4.69, 9.17) is 0 Å². The van der Waals surface area contributed by atoms with Crippen LogP contribution in [0.25, 0.3) is 0 Å². The highest BCUT2D eigenvalue weighted by molar-refractivity contribution is 8.00. The first kappa shape index (κ1) is 15.0. The molecule has 2 aromatic rings. The van der Waals surface area contributed by atoms with Gasteiger partial charge in [0.05, 0.1) is 17.0 Å². The maximum atomic E-state index is 13.2. The van der Waals surface area contributed by atoms with Crippen molar-refractivity contribution in [3.63, 3.8) is 0 Å². The van der Waals surface area contributed by atoms with Crippen molar-refractivity contribution in [1.29, 1.82) is 0 Å². The minimum absolute atomic E-state index is 0.0844. The molecular weight excluding hydrogens is 311 g/mol. The predicted molar refractivity (Wildman–Crippen MR) is 80.6 cm³/mol. The van der Waals surface area contributed by atoms with Crippen LogP contribution in [0.1, 0.15) is 16.5 Å². The smallest absolute Gasteiger partial charge is 0.294 e. The number of carbonyl (C=O) groups is 1. The van der Waals surface area contributed by atoms with Gasteiger partial charge < -0.3 is 0 Å². The summed E-state index contributed by atoms with van der Waals surface area (Å²) in [6, 6.07) is 14.3. The zero-order chi connectivity index (χ0) is 15.7. The maximum absolute atomic E-state index is 13.2. The average molecular weight is 323 g/mol. The Balaban J connectivity index is 2.08. The van der Waals surface area contributed by atoms with Crippen LogP contribution >= 0.6 is 11.8 Å². The number of amides is 1. The highest BCUT2D eigenvalue weighted by atomic mass is 32.2. The third kappa shape index (κ3) is 2.70. The zero-order valence-electron chi connectivity index (χ0n) is 11.4. The maximum Gasteiger partial charge on any atom is 0.418 e. The van der Waals surface area contributed by atoms with Gasteiger partial charge in [-0.2, -0.15) is 13.2 Å². The number of alkyl halides is 3. The van der Waals surface area contributed by atoms with Gasteiger partial charge in [-0.05, 0) is 17.7 Å². The molecule has 1 unspecified atom stereocenters. The lowest BCUT2D eigenvalue weighted by Gasteiger charge is -2.27. The van der Waals surface area contributed by atoms with Gasteiger partial charge in [-0.15, -0.1) is 11.8 Å². The van der Waals surface area contributed by atoms with Gasteiger partial charge in [0, 0.05) is 0 Å². The third-order valence-electron chi connectivity index (χ3n) is 3.42. The zero-order valence-corrected chi connectivity index (χ0v) is 12.2. The minimum atomic E-state index is -4.49. The molecule has 0 saturated carbocycles. The molecule has 6 heteroatoms. The largest absolute Gasteiger partial charge is 0.418 e. The lowest BCUT2D eigenvalue weighted by atomic mass is 10.1. The summed E-state index contributed by atoms with van der Waals surface area (Å²) >= 11 is 1.33. The Morgan fingerprint density at radius 2 is 1.64 bits per heavy atom. The first-order chi connectivity index (χ1) is 10.5. The first-order valence-electron chi connectivity index (χ1n) is 6.63. The van der Waals surface area contributed by atoms with Crippen LogP contribution in [-0.4, -0.2) is 11.7 Å². The SMILES string of the molecule is O=C1CSC(c2ccccc2)N1c1ccccc1C(F)(F)F. The lowest BCUT2D eigenvalue weighted by molar-refractivity contribution is -0.137. The first-order valence-corrected chi connectivity index (χ1v) is 7.68. The van der Waals surface area contributed by atoms with Gasteiger partial charge in [0.1, 0.15) is 5.37 Å². The van der Waals surface area contributed by atoms with Gasteiger partial charge in [0.15, 0.2) is 0 Å². The number of hydrogen-bond acceptors (Lipinski definition) is 2. The van der Waals surface area contributed by atoms with Crippen molar-refractivity contribution in [2.75, 3.05) is 10.7 Å². The molecule has 0 bridgehead atoms. The summed E-state index contributed by atoms with van der Waals surface area (Å²) in [5.74, 6) is -0.137. The average Bonchev–Trinajstić information content (AvgIpc) is 2.89. The molecule has 1 aliphatic heterocycles. The van der Waals surface area contributed by atoms with E-state index in [0.29, 0.717) is 0 Å². The van der Waals surface area contributed by atoms with Crippen molar-refractivity contribution in [3.8, 4) is 0 Å². The number of thioether (sulfide) groups is 1. The second kappa shape index (κ2) is 5.68. The van der Waals surface area contributed by atoms with Gasteiger partial charge in [-0.1, -0.05) is 42.5 Å². The molecular formula is C16H12F3NOS. The summed E-state index contributed by atoms with van der Waals surface area (Å²) in [6.45, 7) is 0. The van der Waals surface area contributed by atoms with E-state index in [9.17, 15) is 18.0 Å². The number of benzene rings is 2. The predicted octanol–water partition coefficient (Wildman–Crippen LogP) is 4.48. The Morgan fingerprint density at radius 1 is 1.00 bits per heavy atom. The summed E-state index contributed by atoms with van der Waals surface area (Å²) in [7, 11) is 0. The van der Waals surface area contributed by atoms with Crippen molar-refractivity contribution in [3.05, 3.63) is 65.7 Å². The fourth-order valence-electron chi connectivity index (χ4n) is 2.47. The molecule has 1 aliphatic rings. The fourth-order valence-corrected chi connectivity index (χ4v) is 3.64. The number of carbonyl (C=O) groups excluding carboxylic acids is 1. The van der Waals surface area contributed by atoms with Crippen LogP contribution in [0.4, 0.5) is 18.9 Å². The van der Waals surface area contributed by atoms with Crippen LogP contribution < -0.4 is 4.90 Å². The van der Waals surface area contributed by atoms with Gasteiger partial charge >= 0.3 is 6.18 Å². The van der Waals surface area contributed by atoms with Crippen LogP contribution in [0.2, 0.25) is 0 Å². The van der Waals surface area contributed by atoms with Crippen molar-refractivity contribution in [2.45, 2.75) is 11.6 Å². The van der Waals surface area contributed by atoms with E-state index in [0.717, 1.165) is 11.6 Å². The standard InChI is InChI=1S/C16H12F3NOS/c17-16(18,19)12-8-4-5-9-13(12)20-14(21)10-22-15(20)11-6-2-1-3-7-11/h1-9,15H,10H2. The molecule has 22 heavy (non-hydrogen) atoms. The van der Waals surface area contributed by atoms with Crippen LogP contribution in [0.3, 0.4) is 0 Å². The summed E-state index contributed by atoms with van der Waals surface area (Å²) in [6.07, 6.45) is -4.49. The van der Waals surface area contributed by atoms with Crippen molar-refractivity contribution in [1.82, 2.24) is 0 Å². The second-order valence-electron chi connectivity index (χ2n) is 4.85. The van der Waals surface area contributed by atoms with Gasteiger partial charge in [-0.3, -0.25) is 9.69 Å². The molecule has 0 radical (unpaired) electrons. The monoisotopic (exact) mass is 323 g/mol. The number of anilines is 1. The van der Waals surface area contributed by atoms with Crippen LogP contribution in [0, 0.1) is 0 Å². The van der Waals surface area contributed by atoms with E-state index in [1.165, 1.54) is 34.9 Å². The van der Waals surface area contributed by atoms with Gasteiger partial charge in [-0.25, -0.2) is 0 Å². The Labute approximate surface area is 129 Å². The molecule has 1 fully saturated rings. The Kier molecular flexibility index (Phi) is 3.87. The summed E-state index contributed by atoms with van der Waals surface area (Å²) in [5.41, 5.74) is -0.0547. The minimum Gasteiger partial charge on any atom is -0.294 e. The molecule has 2 aromatic carbocycles. The van der Waals surface area contributed by atoms with E-state index in [-0.39, 0.29) is 17.3 Å². The highest BCUT2D eigenvalue weighted by Crippen LogP contribution is 2.45. The molecule has 2 nitrogen and oxygen atoms in total. The molecule has 1 atom stereocenters. The fraction of sp³-hybridized carbons (Fsp3) is 0.188.